The molecule has 0 aromatic rings. The molecule has 0 aliphatic rings. The third-order valence-corrected chi connectivity index (χ3v) is 0.934. The summed E-state index contributed by atoms with van der Waals surface area (Å²) in [6, 6.07) is 0. The number of nitrogens with two attached hydrogens (primary N) is 1. The smallest absolute Gasteiger partial charge is 0.330 e. The minimum absolute atomic E-state index is 0.124. The Morgan fingerprint density at radius 3 is 2.55 bits per heavy atom. The van der Waals surface area contributed by atoms with Gasteiger partial charge in [-0.05, 0) is 11.1 Å². The van der Waals surface area contributed by atoms with Crippen LogP contribution in [-0.2, 0) is 10.3 Å². The second-order valence-corrected chi connectivity index (χ2v) is 2.67. The standard InChI is InChI=1S/C3H8N4O3S/c4-2-1-3(5)6-7-11(8,9)10/h5H,1-2,4H2,(H,8,9,10). The van der Waals surface area contributed by atoms with Gasteiger partial charge in [0.25, 0.3) is 0 Å². The molecule has 0 amide bonds. The van der Waals surface area contributed by atoms with Crippen LogP contribution in [0.5, 0.6) is 0 Å². The average Bonchev–Trinajstić information content (AvgIpc) is 1.83. The third-order valence-electron chi connectivity index (χ3n) is 0.646. The van der Waals surface area contributed by atoms with E-state index in [4.69, 9.17) is 15.7 Å². The molecule has 8 heteroatoms. The van der Waals surface area contributed by atoms with Crippen molar-refractivity contribution in [3.8, 4) is 0 Å². The van der Waals surface area contributed by atoms with Crippen LogP contribution in [0.3, 0.4) is 0 Å². The normalized spacial score (nSPS) is 12.2. The number of nitrogens with one attached hydrogen (secondary N) is 1. The molecule has 0 atom stereocenters. The summed E-state index contributed by atoms with van der Waals surface area (Å²) < 4.78 is 30.3. The molecule has 0 bridgehead atoms. The SMILES string of the molecule is N=C(CCN)N=NS(=O)(=O)O. The first-order valence-corrected chi connectivity index (χ1v) is 4.03. The molecule has 0 saturated heterocycles. The molecule has 0 fully saturated rings. The molecular formula is C3H8N4O3S. The Morgan fingerprint density at radius 1 is 1.64 bits per heavy atom. The lowest BCUT2D eigenvalue weighted by Gasteiger charge is -1.89. The van der Waals surface area contributed by atoms with E-state index in [1.165, 1.54) is 0 Å². The van der Waals surface area contributed by atoms with Crippen LogP contribution in [0.15, 0.2) is 9.63 Å². The fraction of sp³-hybridized carbons (Fsp3) is 0.667. The van der Waals surface area contributed by atoms with Gasteiger partial charge in [0.15, 0.2) is 0 Å². The fourth-order valence-electron chi connectivity index (χ4n) is 0.288. The zero-order valence-corrected chi connectivity index (χ0v) is 6.37. The van der Waals surface area contributed by atoms with Gasteiger partial charge in [-0.2, -0.15) is 8.42 Å². The van der Waals surface area contributed by atoms with E-state index in [1.807, 2.05) is 0 Å². The second kappa shape index (κ2) is 4.11. The zero-order valence-electron chi connectivity index (χ0n) is 5.56. The Kier molecular flexibility index (Phi) is 3.79. The van der Waals surface area contributed by atoms with Crippen molar-refractivity contribution in [1.29, 1.82) is 5.41 Å². The highest BCUT2D eigenvalue weighted by Gasteiger charge is 1.99. The van der Waals surface area contributed by atoms with E-state index < -0.39 is 10.3 Å². The molecule has 11 heavy (non-hydrogen) atoms. The Morgan fingerprint density at radius 2 is 2.18 bits per heavy atom. The minimum atomic E-state index is -4.46. The highest BCUT2D eigenvalue weighted by Crippen LogP contribution is 1.89. The van der Waals surface area contributed by atoms with Gasteiger partial charge < -0.3 is 5.73 Å². The number of hydrogen-bond acceptors (Lipinski definition) is 4. The highest BCUT2D eigenvalue weighted by molar-refractivity contribution is 7.84. The molecule has 0 radical (unpaired) electrons. The summed E-state index contributed by atoms with van der Waals surface area (Å²) in [7, 11) is -4.46. The first-order chi connectivity index (χ1) is 4.95. The maximum atomic E-state index is 9.91. The lowest BCUT2D eigenvalue weighted by molar-refractivity contribution is 0.482. The van der Waals surface area contributed by atoms with Gasteiger partial charge in [-0.25, -0.2) is 0 Å². The van der Waals surface area contributed by atoms with Crippen molar-refractivity contribution in [2.45, 2.75) is 6.42 Å². The highest BCUT2D eigenvalue weighted by atomic mass is 32.2. The van der Waals surface area contributed by atoms with Gasteiger partial charge in [0.2, 0.25) is 0 Å². The largest absolute Gasteiger partial charge is 0.396 e. The van der Waals surface area contributed by atoms with Crippen LogP contribution in [0.4, 0.5) is 0 Å². The predicted octanol–water partition coefficient (Wildman–Crippen LogP) is -0.433. The fourth-order valence-corrected chi connectivity index (χ4v) is 0.489. The van der Waals surface area contributed by atoms with E-state index >= 15 is 0 Å². The van der Waals surface area contributed by atoms with E-state index in [0.717, 1.165) is 0 Å². The van der Waals surface area contributed by atoms with E-state index in [1.54, 1.807) is 0 Å². The molecular weight excluding hydrogens is 172 g/mol. The summed E-state index contributed by atoms with van der Waals surface area (Å²) in [6.45, 7) is 0.184. The monoisotopic (exact) mass is 180 g/mol. The van der Waals surface area contributed by atoms with E-state index in [-0.39, 0.29) is 18.8 Å². The Labute approximate surface area is 63.7 Å². The molecule has 0 aliphatic carbocycles. The topological polar surface area (TPSA) is 129 Å². The lowest BCUT2D eigenvalue weighted by atomic mass is 10.4. The molecule has 7 nitrogen and oxygen atoms in total. The first kappa shape index (κ1) is 10.1. The molecule has 4 N–H and O–H groups in total. The summed E-state index contributed by atoms with van der Waals surface area (Å²) in [6.07, 6.45) is 0.124. The quantitative estimate of drug-likeness (QED) is 0.235. The zero-order chi connectivity index (χ0) is 8.91. The van der Waals surface area contributed by atoms with Gasteiger partial charge >= 0.3 is 10.3 Å². The summed E-state index contributed by atoms with van der Waals surface area (Å²) in [5.74, 6) is -0.287. The van der Waals surface area contributed by atoms with Crippen LogP contribution >= 0.6 is 0 Å². The van der Waals surface area contributed by atoms with Crippen molar-refractivity contribution in [3.63, 3.8) is 0 Å². The van der Waals surface area contributed by atoms with Crippen LogP contribution < -0.4 is 5.73 Å². The molecule has 0 unspecified atom stereocenters. The van der Waals surface area contributed by atoms with Crippen molar-refractivity contribution in [3.05, 3.63) is 0 Å². The van der Waals surface area contributed by atoms with Crippen molar-refractivity contribution in [2.75, 3.05) is 6.54 Å². The van der Waals surface area contributed by atoms with Gasteiger partial charge in [0, 0.05) is 6.42 Å². The molecule has 0 aromatic carbocycles. The maximum Gasteiger partial charge on any atom is 0.396 e. The Balaban J connectivity index is 4.05. The minimum Gasteiger partial charge on any atom is -0.330 e. The molecule has 0 rings (SSSR count). The van der Waals surface area contributed by atoms with Crippen molar-refractivity contribution in [1.82, 2.24) is 0 Å². The Bertz CT molecular complexity index is 256. The number of hydrogen-bond donors (Lipinski definition) is 3. The van der Waals surface area contributed by atoms with Gasteiger partial charge in [0.1, 0.15) is 5.84 Å². The Hall–Kier alpha value is -0.860. The first-order valence-electron chi connectivity index (χ1n) is 2.63. The second-order valence-electron chi connectivity index (χ2n) is 1.61. The summed E-state index contributed by atoms with van der Waals surface area (Å²) in [5, 5.41) is 9.73. The molecule has 0 saturated carbocycles. The van der Waals surface area contributed by atoms with E-state index in [2.05, 4.69) is 9.63 Å². The van der Waals surface area contributed by atoms with E-state index in [9.17, 15) is 8.42 Å². The van der Waals surface area contributed by atoms with Gasteiger partial charge in [-0.15, -0.1) is 5.11 Å². The van der Waals surface area contributed by atoms with Crippen LogP contribution in [0.1, 0.15) is 6.42 Å². The van der Waals surface area contributed by atoms with Crippen molar-refractivity contribution in [2.24, 2.45) is 15.4 Å². The van der Waals surface area contributed by atoms with Gasteiger partial charge in [-0.1, -0.05) is 0 Å². The maximum absolute atomic E-state index is 9.91. The lowest BCUT2D eigenvalue weighted by Crippen LogP contribution is -2.04. The molecule has 0 aliphatic heterocycles. The number of rotatable bonds is 3. The van der Waals surface area contributed by atoms with E-state index in [0.29, 0.717) is 0 Å². The molecule has 0 spiro atoms. The summed E-state index contributed by atoms with van der Waals surface area (Å²) in [4.78, 5) is 0. The summed E-state index contributed by atoms with van der Waals surface area (Å²) >= 11 is 0. The van der Waals surface area contributed by atoms with Gasteiger partial charge in [0.05, 0.1) is 0 Å². The number of nitrogens with zero attached hydrogens (tertiary/aromatic N) is 2. The van der Waals surface area contributed by atoms with Crippen molar-refractivity contribution < 1.29 is 13.0 Å². The van der Waals surface area contributed by atoms with Crippen molar-refractivity contribution >= 4 is 16.1 Å². The predicted molar refractivity (Wildman–Crippen MR) is 37.8 cm³/mol. The summed E-state index contributed by atoms with van der Waals surface area (Å²) in [5.41, 5.74) is 5.01. The average molecular weight is 180 g/mol. The van der Waals surface area contributed by atoms with Gasteiger partial charge in [-0.3, -0.25) is 9.96 Å². The van der Waals surface area contributed by atoms with Crippen LogP contribution in [0.2, 0.25) is 0 Å². The molecule has 64 valence electrons. The third kappa shape index (κ3) is 7.03. The molecule has 0 heterocycles. The number of amidine groups is 1. The van der Waals surface area contributed by atoms with Crippen LogP contribution in [0, 0.1) is 5.41 Å². The molecule has 0 aromatic heterocycles. The van der Waals surface area contributed by atoms with Crippen LogP contribution in [0.25, 0.3) is 0 Å². The van der Waals surface area contributed by atoms with Crippen LogP contribution in [-0.4, -0.2) is 25.4 Å².